The number of phenolic OH excluding ortho intramolecular Hbond substituents is 1. The van der Waals surface area contributed by atoms with Crippen molar-refractivity contribution in [1.29, 1.82) is 0 Å². The van der Waals surface area contributed by atoms with Crippen molar-refractivity contribution in [1.82, 2.24) is 21.3 Å². The Balaban J connectivity index is 1.24. The largest absolute Gasteiger partial charge is 0.506 e. The Kier molecular flexibility index (Phi) is 17.1. The lowest BCUT2D eigenvalue weighted by Gasteiger charge is -2.27. The van der Waals surface area contributed by atoms with Crippen LogP contribution in [0.2, 0.25) is 0 Å². The molecule has 15 nitrogen and oxygen atoms in total. The molecule has 0 saturated carbocycles. The van der Waals surface area contributed by atoms with Gasteiger partial charge < -0.3 is 45.9 Å². The molecule has 0 aromatic heterocycles. The number of carbonyl (C=O) groups excluding carboxylic acids is 6. The van der Waals surface area contributed by atoms with Crippen LogP contribution in [0.15, 0.2) is 66.7 Å². The van der Waals surface area contributed by atoms with E-state index >= 15 is 0 Å². The summed E-state index contributed by atoms with van der Waals surface area (Å²) in [5.74, 6) is -3.04. The molecular weight excluding hydrogens is 807 g/mol. The van der Waals surface area contributed by atoms with Crippen LogP contribution < -0.4 is 26.6 Å². The number of aromatic hydroxyl groups is 1. The summed E-state index contributed by atoms with van der Waals surface area (Å²) >= 11 is 0. The van der Waals surface area contributed by atoms with Crippen molar-refractivity contribution in [2.45, 2.75) is 130 Å². The molecule has 1 aliphatic carbocycles. The summed E-state index contributed by atoms with van der Waals surface area (Å²) in [7, 11) is 0. The number of ether oxygens (including phenoxy) is 3. The average molecular weight is 872 g/mol. The zero-order chi connectivity index (χ0) is 46.6. The van der Waals surface area contributed by atoms with Gasteiger partial charge in [-0.1, -0.05) is 75.4 Å². The van der Waals surface area contributed by atoms with Gasteiger partial charge in [0.1, 0.15) is 35.6 Å². The molecule has 1 aliphatic rings. The van der Waals surface area contributed by atoms with Crippen molar-refractivity contribution < 1.29 is 48.1 Å². The minimum absolute atomic E-state index is 0.000394. The monoisotopic (exact) mass is 871 g/mol. The maximum atomic E-state index is 13.3. The van der Waals surface area contributed by atoms with Crippen molar-refractivity contribution in [2.75, 3.05) is 18.5 Å². The third-order valence-electron chi connectivity index (χ3n) is 10.2. The molecule has 6 N–H and O–H groups in total. The van der Waals surface area contributed by atoms with Gasteiger partial charge in [-0.05, 0) is 114 Å². The van der Waals surface area contributed by atoms with Crippen LogP contribution in [-0.2, 0) is 39.8 Å². The number of hydrogen-bond acceptors (Lipinski definition) is 10. The second-order valence-electron chi connectivity index (χ2n) is 18.4. The molecule has 15 heteroatoms. The number of esters is 1. The number of alkyl carbamates (subject to hydrolysis) is 2. The third kappa shape index (κ3) is 15.3. The fourth-order valence-corrected chi connectivity index (χ4v) is 7.18. The second-order valence-corrected chi connectivity index (χ2v) is 18.4. The van der Waals surface area contributed by atoms with Crippen molar-refractivity contribution in [2.24, 2.45) is 11.8 Å². The first-order valence-electron chi connectivity index (χ1n) is 21.5. The van der Waals surface area contributed by atoms with Crippen LogP contribution in [-0.4, -0.2) is 83.5 Å². The first-order chi connectivity index (χ1) is 29.5. The molecule has 0 heterocycles. The first kappa shape index (κ1) is 49.5. The van der Waals surface area contributed by atoms with Gasteiger partial charge in [0.15, 0.2) is 0 Å². The summed E-state index contributed by atoms with van der Waals surface area (Å²) in [5.41, 5.74) is 3.72. The van der Waals surface area contributed by atoms with Crippen LogP contribution in [0.3, 0.4) is 0 Å². The van der Waals surface area contributed by atoms with E-state index in [1.165, 1.54) is 13.0 Å². The highest BCUT2D eigenvalue weighted by Crippen LogP contribution is 2.44. The summed E-state index contributed by atoms with van der Waals surface area (Å²) in [6.07, 6.45) is -0.657. The molecule has 342 valence electrons. The number of anilines is 1. The quantitative estimate of drug-likeness (QED) is 0.0331. The molecule has 0 bridgehead atoms. The Morgan fingerprint density at radius 2 is 1.33 bits per heavy atom. The normalized spacial score (nSPS) is 14.2. The van der Waals surface area contributed by atoms with Gasteiger partial charge in [0, 0.05) is 24.9 Å². The van der Waals surface area contributed by atoms with Gasteiger partial charge in [-0.3, -0.25) is 19.2 Å². The van der Waals surface area contributed by atoms with Crippen LogP contribution in [0.25, 0.3) is 11.1 Å². The van der Waals surface area contributed by atoms with Crippen LogP contribution in [0, 0.1) is 11.8 Å². The van der Waals surface area contributed by atoms with E-state index < -0.39 is 71.1 Å². The number of nitrogens with one attached hydrogen (secondary N) is 5. The molecule has 4 rings (SSSR count). The molecule has 0 radical (unpaired) electrons. The number of hydrogen-bond donors (Lipinski definition) is 6. The lowest BCUT2D eigenvalue weighted by molar-refractivity contribution is -0.159. The number of carbonyl (C=O) groups is 6. The highest BCUT2D eigenvalue weighted by atomic mass is 16.6. The SMILES string of the molecule is CC(C)[C@H](NC(=O)OCC1c2ccccc2-c2ccccc21)C(=O)N[C@@H](C)C(=O)NCCCC(=O)Nc1cc(C[C@@H](C[C@H](C)C(=O)OC(C)(C)C)NC(=O)OC(C)(C)C)ccc1O. The van der Waals surface area contributed by atoms with E-state index in [4.69, 9.17) is 14.2 Å². The standard InChI is InChI=1S/C48H65N5O10/c1-28(2)41(53-45(59)61-27-37-35-18-13-11-16-33(35)34-17-12-14-19-36(34)37)43(57)50-30(4)42(56)49-23-15-20-40(55)52-38-26-31(21-22-39(38)54)25-32(51-46(60)63-48(8,9)10)24-29(3)44(58)62-47(5,6)7/h11-14,16-19,21-22,26,28-30,32,37,41,54H,15,20,23-25,27H2,1-10H3,(H,49,56)(H,50,57)(H,51,60)(H,52,55)(H,53,59)/t29-,30-,32+,41-/m0/s1. The maximum absolute atomic E-state index is 13.3. The molecule has 3 aromatic rings. The molecular formula is C48H65N5O10. The van der Waals surface area contributed by atoms with E-state index in [0.29, 0.717) is 5.56 Å². The fraction of sp³-hybridized carbons (Fsp3) is 0.500. The Bertz CT molecular complexity index is 2060. The molecule has 0 unspecified atom stereocenters. The topological polar surface area (TPSA) is 210 Å². The number of amides is 5. The predicted octanol–water partition coefficient (Wildman–Crippen LogP) is 7.10. The van der Waals surface area contributed by atoms with Crippen LogP contribution in [0.5, 0.6) is 5.75 Å². The second kappa shape index (κ2) is 21.8. The van der Waals surface area contributed by atoms with E-state index in [1.807, 2.05) is 48.5 Å². The van der Waals surface area contributed by atoms with Gasteiger partial charge in [-0.2, -0.15) is 0 Å². The summed E-state index contributed by atoms with van der Waals surface area (Å²) < 4.78 is 16.6. The summed E-state index contributed by atoms with van der Waals surface area (Å²) in [6, 6.07) is 18.2. The van der Waals surface area contributed by atoms with Gasteiger partial charge in [-0.15, -0.1) is 0 Å². The number of benzene rings is 3. The van der Waals surface area contributed by atoms with E-state index in [2.05, 4.69) is 26.6 Å². The molecule has 0 spiro atoms. The van der Waals surface area contributed by atoms with Gasteiger partial charge in [0.2, 0.25) is 17.7 Å². The van der Waals surface area contributed by atoms with E-state index in [9.17, 15) is 33.9 Å². The third-order valence-corrected chi connectivity index (χ3v) is 10.2. The zero-order valence-electron chi connectivity index (χ0n) is 38.2. The van der Waals surface area contributed by atoms with Crippen molar-refractivity contribution in [3.63, 3.8) is 0 Å². The first-order valence-corrected chi connectivity index (χ1v) is 21.5. The Labute approximate surface area is 370 Å². The van der Waals surface area contributed by atoms with Crippen molar-refractivity contribution in [3.05, 3.63) is 83.4 Å². The minimum atomic E-state index is -0.970. The Morgan fingerprint density at radius 3 is 1.92 bits per heavy atom. The zero-order valence-corrected chi connectivity index (χ0v) is 38.2. The van der Waals surface area contributed by atoms with Crippen LogP contribution in [0.1, 0.15) is 111 Å². The smallest absolute Gasteiger partial charge is 0.407 e. The minimum Gasteiger partial charge on any atom is -0.506 e. The lowest BCUT2D eigenvalue weighted by Crippen LogP contribution is -2.54. The number of fused-ring (bicyclic) bond motifs is 3. The maximum Gasteiger partial charge on any atom is 0.407 e. The van der Waals surface area contributed by atoms with E-state index in [1.54, 1.807) is 74.4 Å². The predicted molar refractivity (Wildman–Crippen MR) is 240 cm³/mol. The van der Waals surface area contributed by atoms with E-state index in [-0.39, 0.29) is 62.1 Å². The van der Waals surface area contributed by atoms with Gasteiger partial charge in [0.05, 0.1) is 11.6 Å². The Morgan fingerprint density at radius 1 is 0.730 bits per heavy atom. The van der Waals surface area contributed by atoms with Crippen LogP contribution in [0.4, 0.5) is 15.3 Å². The highest BCUT2D eigenvalue weighted by Gasteiger charge is 2.32. The van der Waals surface area contributed by atoms with Gasteiger partial charge in [0.25, 0.3) is 0 Å². The summed E-state index contributed by atoms with van der Waals surface area (Å²) in [4.78, 5) is 77.6. The molecule has 0 aliphatic heterocycles. The molecule has 3 aromatic carbocycles. The molecule has 0 saturated heterocycles. The molecule has 5 amide bonds. The molecule has 0 fully saturated rings. The highest BCUT2D eigenvalue weighted by molar-refractivity contribution is 5.93. The van der Waals surface area contributed by atoms with Crippen LogP contribution >= 0.6 is 0 Å². The molecule has 63 heavy (non-hydrogen) atoms. The summed E-state index contributed by atoms with van der Waals surface area (Å²) in [6.45, 7) is 17.6. The lowest BCUT2D eigenvalue weighted by atomic mass is 9.95. The van der Waals surface area contributed by atoms with Crippen molar-refractivity contribution in [3.8, 4) is 16.9 Å². The van der Waals surface area contributed by atoms with E-state index in [0.717, 1.165) is 22.3 Å². The summed E-state index contributed by atoms with van der Waals surface area (Å²) in [5, 5.41) is 24.1. The fourth-order valence-electron chi connectivity index (χ4n) is 7.18. The average Bonchev–Trinajstić information content (AvgIpc) is 3.50. The van der Waals surface area contributed by atoms with Gasteiger partial charge >= 0.3 is 18.2 Å². The number of phenols is 1. The Hall–Kier alpha value is -6.12. The van der Waals surface area contributed by atoms with Gasteiger partial charge in [-0.25, -0.2) is 9.59 Å². The van der Waals surface area contributed by atoms with Crippen molar-refractivity contribution >= 4 is 41.6 Å². The number of rotatable bonds is 18. The molecule has 4 atom stereocenters.